The fraction of sp³-hybridized carbons (Fsp3) is 0.455. The van der Waals surface area contributed by atoms with E-state index < -0.39 is 0 Å². The highest BCUT2D eigenvalue weighted by Gasteiger charge is 2.10. The number of aryl methyl sites for hydroxylation is 2. The monoisotopic (exact) mass is 376 g/mol. The van der Waals surface area contributed by atoms with E-state index in [0.717, 1.165) is 60.1 Å². The molecule has 0 unspecified atom stereocenters. The van der Waals surface area contributed by atoms with Crippen LogP contribution in [0.3, 0.4) is 0 Å². The Morgan fingerprint density at radius 1 is 0.679 bits per heavy atom. The van der Waals surface area contributed by atoms with Gasteiger partial charge in [0.05, 0.1) is 35.2 Å². The number of aromatic nitrogens is 2. The van der Waals surface area contributed by atoms with E-state index in [4.69, 9.17) is 9.97 Å². The molecule has 2 aliphatic rings. The van der Waals surface area contributed by atoms with Gasteiger partial charge in [-0.05, 0) is 74.9 Å². The molecule has 0 saturated carbocycles. The molecule has 0 N–H and O–H groups in total. The summed E-state index contributed by atoms with van der Waals surface area (Å²) in [5.41, 5.74) is 5.81. The summed E-state index contributed by atoms with van der Waals surface area (Å²) in [6.45, 7) is 8.32. The van der Waals surface area contributed by atoms with E-state index in [0.29, 0.717) is 0 Å². The van der Waals surface area contributed by atoms with Crippen LogP contribution in [0, 0.1) is 13.8 Å². The van der Waals surface area contributed by atoms with Crippen molar-refractivity contribution in [3.63, 3.8) is 0 Å². The van der Waals surface area contributed by atoms with Gasteiger partial charge in [0, 0.05) is 26.2 Å². The Hall–Kier alpha value is -2.76. The summed E-state index contributed by atoms with van der Waals surface area (Å²) >= 11 is 0. The molecule has 6 nitrogen and oxygen atoms in total. The van der Waals surface area contributed by atoms with Gasteiger partial charge in [-0.25, -0.2) is 9.97 Å². The van der Waals surface area contributed by atoms with Crippen LogP contribution in [0.1, 0.15) is 48.2 Å². The van der Waals surface area contributed by atoms with Crippen LogP contribution in [0.25, 0.3) is 11.4 Å². The highest BCUT2D eigenvalue weighted by atomic mass is 15.5. The molecule has 0 radical (unpaired) electrons. The molecule has 146 valence electrons. The SMILES string of the molecule is Cc1cc(C=NN2CCCC2)nc(-c2cc(C)cc(C=NN3CCCC3)n2)c1. The van der Waals surface area contributed by atoms with Crippen molar-refractivity contribution >= 4 is 12.4 Å². The van der Waals surface area contributed by atoms with Gasteiger partial charge in [-0.2, -0.15) is 10.2 Å². The molecule has 0 amide bonds. The van der Waals surface area contributed by atoms with Gasteiger partial charge >= 0.3 is 0 Å². The highest BCUT2D eigenvalue weighted by molar-refractivity contribution is 5.80. The molecule has 4 rings (SSSR count). The third-order valence-corrected chi connectivity index (χ3v) is 5.11. The Labute approximate surface area is 167 Å². The minimum atomic E-state index is 0.873. The zero-order valence-electron chi connectivity index (χ0n) is 16.8. The molecule has 4 heterocycles. The maximum absolute atomic E-state index is 4.79. The molecular weight excluding hydrogens is 348 g/mol. The number of nitrogens with zero attached hydrogens (tertiary/aromatic N) is 6. The lowest BCUT2D eigenvalue weighted by atomic mass is 10.1. The maximum Gasteiger partial charge on any atom is 0.0897 e. The van der Waals surface area contributed by atoms with Crippen molar-refractivity contribution in [1.82, 2.24) is 20.0 Å². The lowest BCUT2D eigenvalue weighted by molar-refractivity contribution is 0.362. The summed E-state index contributed by atoms with van der Waals surface area (Å²) in [6.07, 6.45) is 8.62. The molecule has 28 heavy (non-hydrogen) atoms. The first kappa shape index (κ1) is 18.6. The molecule has 0 bridgehead atoms. The molecule has 2 aliphatic heterocycles. The molecule has 0 aromatic carbocycles. The molecule has 0 aliphatic carbocycles. The van der Waals surface area contributed by atoms with Crippen LogP contribution in [0.2, 0.25) is 0 Å². The number of hydrogen-bond donors (Lipinski definition) is 0. The van der Waals surface area contributed by atoms with Gasteiger partial charge in [-0.1, -0.05) is 0 Å². The molecule has 2 fully saturated rings. The van der Waals surface area contributed by atoms with Crippen molar-refractivity contribution < 1.29 is 0 Å². The van der Waals surface area contributed by atoms with Crippen LogP contribution in [0.4, 0.5) is 0 Å². The topological polar surface area (TPSA) is 57.0 Å². The Balaban J connectivity index is 1.58. The van der Waals surface area contributed by atoms with Gasteiger partial charge in [0.1, 0.15) is 0 Å². The minimum absolute atomic E-state index is 0.873. The lowest BCUT2D eigenvalue weighted by Crippen LogP contribution is -2.12. The molecule has 0 spiro atoms. The van der Waals surface area contributed by atoms with Crippen molar-refractivity contribution in [2.24, 2.45) is 10.2 Å². The molecule has 2 aromatic rings. The first-order chi connectivity index (χ1) is 13.7. The predicted molar refractivity (Wildman–Crippen MR) is 114 cm³/mol. The van der Waals surface area contributed by atoms with Crippen LogP contribution in [-0.2, 0) is 0 Å². The van der Waals surface area contributed by atoms with Gasteiger partial charge in [-0.15, -0.1) is 0 Å². The van der Waals surface area contributed by atoms with Crippen LogP contribution < -0.4 is 0 Å². The summed E-state index contributed by atoms with van der Waals surface area (Å²) in [5.74, 6) is 0. The van der Waals surface area contributed by atoms with Crippen molar-refractivity contribution in [2.45, 2.75) is 39.5 Å². The first-order valence-electron chi connectivity index (χ1n) is 10.2. The van der Waals surface area contributed by atoms with E-state index in [1.807, 2.05) is 12.4 Å². The van der Waals surface area contributed by atoms with Crippen molar-refractivity contribution in [2.75, 3.05) is 26.2 Å². The van der Waals surface area contributed by atoms with Crippen LogP contribution in [0.5, 0.6) is 0 Å². The van der Waals surface area contributed by atoms with Crippen LogP contribution in [-0.4, -0.2) is 58.6 Å². The molecule has 6 heteroatoms. The molecule has 0 atom stereocenters. The summed E-state index contributed by atoms with van der Waals surface area (Å²) in [7, 11) is 0. The molecule has 2 saturated heterocycles. The smallest absolute Gasteiger partial charge is 0.0897 e. The third-order valence-electron chi connectivity index (χ3n) is 5.11. The fourth-order valence-corrected chi connectivity index (χ4v) is 3.70. The predicted octanol–water partition coefficient (Wildman–Crippen LogP) is 3.62. The van der Waals surface area contributed by atoms with E-state index in [2.05, 4.69) is 58.3 Å². The average molecular weight is 377 g/mol. The lowest BCUT2D eigenvalue weighted by Gasteiger charge is -2.10. The average Bonchev–Trinajstić information content (AvgIpc) is 3.38. The quantitative estimate of drug-likeness (QED) is 0.748. The van der Waals surface area contributed by atoms with Crippen molar-refractivity contribution in [3.05, 3.63) is 46.8 Å². The Morgan fingerprint density at radius 3 is 1.46 bits per heavy atom. The number of pyridine rings is 2. The second kappa shape index (κ2) is 8.50. The maximum atomic E-state index is 4.79. The van der Waals surface area contributed by atoms with Gasteiger partial charge < -0.3 is 0 Å². The second-order valence-corrected chi connectivity index (χ2v) is 7.72. The van der Waals surface area contributed by atoms with Gasteiger partial charge in [0.2, 0.25) is 0 Å². The molecule has 2 aromatic heterocycles. The van der Waals surface area contributed by atoms with Crippen LogP contribution >= 0.6 is 0 Å². The first-order valence-corrected chi connectivity index (χ1v) is 10.2. The van der Waals surface area contributed by atoms with E-state index in [1.54, 1.807) is 0 Å². The number of hydrogen-bond acceptors (Lipinski definition) is 6. The summed E-state index contributed by atoms with van der Waals surface area (Å²) in [5, 5.41) is 13.4. The summed E-state index contributed by atoms with van der Waals surface area (Å²) in [6, 6.07) is 8.29. The van der Waals surface area contributed by atoms with E-state index in [1.165, 1.54) is 25.7 Å². The van der Waals surface area contributed by atoms with Gasteiger partial charge in [0.15, 0.2) is 0 Å². The third kappa shape index (κ3) is 4.74. The Morgan fingerprint density at radius 2 is 1.07 bits per heavy atom. The summed E-state index contributed by atoms with van der Waals surface area (Å²) in [4.78, 5) is 9.58. The fourth-order valence-electron chi connectivity index (χ4n) is 3.70. The second-order valence-electron chi connectivity index (χ2n) is 7.72. The minimum Gasteiger partial charge on any atom is -0.297 e. The Kier molecular flexibility index (Phi) is 5.65. The molecular formula is C22H28N6. The van der Waals surface area contributed by atoms with Crippen LogP contribution in [0.15, 0.2) is 34.5 Å². The number of hydrazone groups is 2. The van der Waals surface area contributed by atoms with Crippen molar-refractivity contribution in [1.29, 1.82) is 0 Å². The Bertz CT molecular complexity index is 803. The standard InChI is InChI=1S/C22H28N6/c1-17-11-19(15-23-27-7-3-4-8-27)25-21(13-17)22-14-18(2)12-20(26-22)16-24-28-9-5-6-10-28/h11-16H,3-10H2,1-2H3. The van der Waals surface area contributed by atoms with Gasteiger partial charge in [0.25, 0.3) is 0 Å². The zero-order valence-corrected chi connectivity index (χ0v) is 16.8. The van der Waals surface area contributed by atoms with E-state index in [-0.39, 0.29) is 0 Å². The number of rotatable bonds is 5. The van der Waals surface area contributed by atoms with E-state index in [9.17, 15) is 0 Å². The van der Waals surface area contributed by atoms with Crippen molar-refractivity contribution in [3.8, 4) is 11.4 Å². The zero-order chi connectivity index (χ0) is 19.3. The largest absolute Gasteiger partial charge is 0.297 e. The summed E-state index contributed by atoms with van der Waals surface area (Å²) < 4.78 is 0. The van der Waals surface area contributed by atoms with Gasteiger partial charge in [-0.3, -0.25) is 10.0 Å². The normalized spacial score (nSPS) is 17.5. The highest BCUT2D eigenvalue weighted by Crippen LogP contribution is 2.19. The van der Waals surface area contributed by atoms with E-state index >= 15 is 0 Å².